The molecular weight excluding hydrogens is 146 g/mol. The monoisotopic (exact) mass is 161 g/mol. The third-order valence-electron chi connectivity index (χ3n) is 3.03. The minimum Gasteiger partial charge on any atom is -0.321 e. The summed E-state index contributed by atoms with van der Waals surface area (Å²) in [5, 5.41) is 0. The van der Waals surface area contributed by atoms with Crippen LogP contribution in [0.3, 0.4) is 0 Å². The quantitative estimate of drug-likeness (QED) is 0.671. The summed E-state index contributed by atoms with van der Waals surface area (Å²) >= 11 is 0. The van der Waals surface area contributed by atoms with Crippen molar-refractivity contribution in [2.24, 2.45) is 5.73 Å². The molecule has 1 heteroatoms. The van der Waals surface area contributed by atoms with Crippen molar-refractivity contribution in [3.8, 4) is 0 Å². The van der Waals surface area contributed by atoms with Gasteiger partial charge in [-0.3, -0.25) is 0 Å². The summed E-state index contributed by atoms with van der Waals surface area (Å²) in [7, 11) is 0. The molecule has 64 valence electrons. The lowest BCUT2D eigenvalue weighted by Crippen LogP contribution is -2.32. The zero-order chi connectivity index (χ0) is 8.60. The molecule has 0 saturated heterocycles. The zero-order valence-electron chi connectivity index (χ0n) is 7.51. The molecule has 1 atom stereocenters. The normalized spacial score (nSPS) is 27.2. The smallest absolute Gasteiger partial charge is 0.0412 e. The maximum atomic E-state index is 6.27. The van der Waals surface area contributed by atoms with Crippen LogP contribution in [0.25, 0.3) is 0 Å². The van der Waals surface area contributed by atoms with E-state index in [4.69, 9.17) is 5.73 Å². The van der Waals surface area contributed by atoms with E-state index in [9.17, 15) is 0 Å². The van der Waals surface area contributed by atoms with Gasteiger partial charge in [-0.2, -0.15) is 0 Å². The predicted molar refractivity (Wildman–Crippen MR) is 50.9 cm³/mol. The highest BCUT2D eigenvalue weighted by Gasteiger charge is 2.32. The van der Waals surface area contributed by atoms with E-state index in [-0.39, 0.29) is 5.54 Å². The van der Waals surface area contributed by atoms with Crippen LogP contribution in [0.15, 0.2) is 24.3 Å². The van der Waals surface area contributed by atoms with Crippen LogP contribution in [-0.2, 0) is 12.0 Å². The Balaban J connectivity index is 2.49. The molecule has 1 nitrogen and oxygen atoms in total. The highest BCUT2D eigenvalue weighted by Crippen LogP contribution is 2.36. The number of nitrogens with two attached hydrogens (primary N) is 1. The van der Waals surface area contributed by atoms with E-state index in [0.29, 0.717) is 0 Å². The molecule has 0 bridgehead atoms. The second kappa shape index (κ2) is 2.60. The lowest BCUT2D eigenvalue weighted by molar-refractivity contribution is 0.426. The molecule has 0 radical (unpaired) electrons. The van der Waals surface area contributed by atoms with Crippen molar-refractivity contribution in [3.63, 3.8) is 0 Å². The van der Waals surface area contributed by atoms with Crippen LogP contribution >= 0.6 is 0 Å². The van der Waals surface area contributed by atoms with Crippen LogP contribution in [0.1, 0.15) is 30.9 Å². The fourth-order valence-electron chi connectivity index (χ4n) is 2.08. The summed E-state index contributed by atoms with van der Waals surface area (Å²) in [6.45, 7) is 2.17. The third kappa shape index (κ3) is 0.969. The average molecular weight is 161 g/mol. The molecule has 1 unspecified atom stereocenters. The van der Waals surface area contributed by atoms with Crippen LogP contribution in [-0.4, -0.2) is 0 Å². The molecular formula is C11H15N. The number of rotatable bonds is 1. The van der Waals surface area contributed by atoms with Gasteiger partial charge in [-0.25, -0.2) is 0 Å². The minimum absolute atomic E-state index is 0.0312. The Labute approximate surface area is 73.6 Å². The maximum Gasteiger partial charge on any atom is 0.0412 e. The van der Waals surface area contributed by atoms with Gasteiger partial charge in [-0.15, -0.1) is 0 Å². The van der Waals surface area contributed by atoms with Gasteiger partial charge in [0.25, 0.3) is 0 Å². The molecule has 0 fully saturated rings. The molecule has 1 aromatic carbocycles. The van der Waals surface area contributed by atoms with Crippen molar-refractivity contribution in [3.05, 3.63) is 35.4 Å². The third-order valence-corrected chi connectivity index (χ3v) is 3.03. The second-order valence-electron chi connectivity index (χ2n) is 3.67. The Bertz CT molecular complexity index is 293. The van der Waals surface area contributed by atoms with Crippen molar-refractivity contribution in [1.29, 1.82) is 0 Å². The van der Waals surface area contributed by atoms with Gasteiger partial charge < -0.3 is 5.73 Å². The van der Waals surface area contributed by atoms with Gasteiger partial charge >= 0.3 is 0 Å². The Morgan fingerprint density at radius 3 is 2.92 bits per heavy atom. The van der Waals surface area contributed by atoms with Crippen molar-refractivity contribution < 1.29 is 0 Å². The Morgan fingerprint density at radius 2 is 2.17 bits per heavy atom. The average Bonchev–Trinajstić information content (AvgIpc) is 2.46. The summed E-state index contributed by atoms with van der Waals surface area (Å²) in [6, 6.07) is 8.55. The Hall–Kier alpha value is -0.820. The number of hydrogen-bond donors (Lipinski definition) is 1. The minimum atomic E-state index is -0.0312. The molecule has 0 saturated carbocycles. The van der Waals surface area contributed by atoms with Gasteiger partial charge in [0.05, 0.1) is 0 Å². The number of aryl methyl sites for hydroxylation is 1. The first kappa shape index (κ1) is 7.81. The van der Waals surface area contributed by atoms with Gasteiger partial charge in [-0.1, -0.05) is 31.2 Å². The standard InChI is InChI=1S/C11H15N/c1-2-11(12)8-7-9-5-3-4-6-10(9)11/h3-6H,2,7-8,12H2,1H3. The van der Waals surface area contributed by atoms with Gasteiger partial charge in [0.1, 0.15) is 0 Å². The molecule has 1 aliphatic carbocycles. The van der Waals surface area contributed by atoms with Crippen LogP contribution in [0.2, 0.25) is 0 Å². The lowest BCUT2D eigenvalue weighted by Gasteiger charge is -2.23. The molecule has 0 heterocycles. The van der Waals surface area contributed by atoms with Crippen molar-refractivity contribution >= 4 is 0 Å². The van der Waals surface area contributed by atoms with Crippen molar-refractivity contribution in [1.82, 2.24) is 0 Å². The summed E-state index contributed by atoms with van der Waals surface area (Å²) in [4.78, 5) is 0. The van der Waals surface area contributed by atoms with Gasteiger partial charge in [0.2, 0.25) is 0 Å². The first-order valence-electron chi connectivity index (χ1n) is 4.63. The molecule has 0 aliphatic heterocycles. The van der Waals surface area contributed by atoms with E-state index < -0.39 is 0 Å². The molecule has 2 rings (SSSR count). The Morgan fingerprint density at radius 1 is 1.42 bits per heavy atom. The van der Waals surface area contributed by atoms with Crippen molar-refractivity contribution in [2.45, 2.75) is 31.7 Å². The molecule has 0 spiro atoms. The number of fused-ring (bicyclic) bond motifs is 1. The largest absolute Gasteiger partial charge is 0.321 e. The second-order valence-corrected chi connectivity index (χ2v) is 3.67. The topological polar surface area (TPSA) is 26.0 Å². The molecule has 1 aliphatic rings. The van der Waals surface area contributed by atoms with E-state index in [1.165, 1.54) is 11.1 Å². The Kier molecular flexibility index (Phi) is 1.69. The lowest BCUT2D eigenvalue weighted by atomic mass is 9.90. The first-order chi connectivity index (χ1) is 5.76. The highest BCUT2D eigenvalue weighted by atomic mass is 14.8. The van der Waals surface area contributed by atoms with Gasteiger partial charge in [0, 0.05) is 5.54 Å². The summed E-state index contributed by atoms with van der Waals surface area (Å²) in [5.74, 6) is 0. The summed E-state index contributed by atoms with van der Waals surface area (Å²) in [5.41, 5.74) is 9.05. The molecule has 1 aromatic rings. The zero-order valence-corrected chi connectivity index (χ0v) is 7.51. The SMILES string of the molecule is CCC1(N)CCc2ccccc21. The van der Waals surface area contributed by atoms with Gasteiger partial charge in [0.15, 0.2) is 0 Å². The van der Waals surface area contributed by atoms with Crippen LogP contribution in [0, 0.1) is 0 Å². The molecule has 0 amide bonds. The summed E-state index contributed by atoms with van der Waals surface area (Å²) in [6.07, 6.45) is 3.31. The summed E-state index contributed by atoms with van der Waals surface area (Å²) < 4.78 is 0. The fourth-order valence-corrected chi connectivity index (χ4v) is 2.08. The van der Waals surface area contributed by atoms with E-state index in [2.05, 4.69) is 31.2 Å². The molecule has 12 heavy (non-hydrogen) atoms. The van der Waals surface area contributed by atoms with Crippen LogP contribution < -0.4 is 5.73 Å². The first-order valence-corrected chi connectivity index (χ1v) is 4.63. The van der Waals surface area contributed by atoms with E-state index in [1.54, 1.807) is 0 Å². The van der Waals surface area contributed by atoms with Crippen LogP contribution in [0.4, 0.5) is 0 Å². The van der Waals surface area contributed by atoms with E-state index in [1.807, 2.05) is 0 Å². The molecule has 0 aromatic heterocycles. The molecule has 2 N–H and O–H groups in total. The van der Waals surface area contributed by atoms with Crippen molar-refractivity contribution in [2.75, 3.05) is 0 Å². The maximum absolute atomic E-state index is 6.27. The van der Waals surface area contributed by atoms with E-state index in [0.717, 1.165) is 19.3 Å². The fraction of sp³-hybridized carbons (Fsp3) is 0.455. The number of hydrogen-bond acceptors (Lipinski definition) is 1. The number of benzene rings is 1. The van der Waals surface area contributed by atoms with E-state index >= 15 is 0 Å². The predicted octanol–water partition coefficient (Wildman–Crippen LogP) is 2.20. The van der Waals surface area contributed by atoms with Gasteiger partial charge in [-0.05, 0) is 30.4 Å². The van der Waals surface area contributed by atoms with Crippen LogP contribution in [0.5, 0.6) is 0 Å². The highest BCUT2D eigenvalue weighted by molar-refractivity contribution is 5.37.